The summed E-state index contributed by atoms with van der Waals surface area (Å²) in [4.78, 5) is 29.2. The SMILES string of the molecule is COc1ccc(C2C3=C(CC(C)(C)CC3=O)Nc3ccccc3N2CC(=O)NCc2ccc(Cl)cc2)cc1. The Morgan fingerprint density at radius 2 is 1.76 bits per heavy atom. The lowest BCUT2D eigenvalue weighted by Crippen LogP contribution is -2.41. The molecule has 0 saturated heterocycles. The molecule has 1 heterocycles. The maximum atomic E-state index is 13.8. The first-order chi connectivity index (χ1) is 18.2. The van der Waals surface area contributed by atoms with Crippen LogP contribution in [-0.4, -0.2) is 25.3 Å². The number of hydrogen-bond donors (Lipinski definition) is 2. The number of methoxy groups -OCH3 is 1. The first kappa shape index (κ1) is 25.9. The van der Waals surface area contributed by atoms with E-state index in [2.05, 4.69) is 24.5 Å². The number of ether oxygens (including phenoxy) is 1. The predicted molar refractivity (Wildman–Crippen MR) is 151 cm³/mol. The van der Waals surface area contributed by atoms with E-state index in [0.29, 0.717) is 18.0 Å². The third-order valence-electron chi connectivity index (χ3n) is 7.15. The molecule has 0 saturated carbocycles. The van der Waals surface area contributed by atoms with Crippen molar-refractivity contribution in [3.63, 3.8) is 0 Å². The van der Waals surface area contributed by atoms with E-state index in [1.165, 1.54) is 0 Å². The van der Waals surface area contributed by atoms with Crippen molar-refractivity contribution < 1.29 is 14.3 Å². The second-order valence-corrected chi connectivity index (χ2v) is 11.1. The van der Waals surface area contributed by atoms with Crippen LogP contribution in [0.5, 0.6) is 5.75 Å². The van der Waals surface area contributed by atoms with Gasteiger partial charge in [-0.3, -0.25) is 9.59 Å². The molecule has 6 nitrogen and oxygen atoms in total. The monoisotopic (exact) mass is 529 g/mol. The summed E-state index contributed by atoms with van der Waals surface area (Å²) in [7, 11) is 1.63. The molecule has 1 unspecified atom stereocenters. The van der Waals surface area contributed by atoms with Crippen LogP contribution in [0.15, 0.2) is 84.1 Å². The van der Waals surface area contributed by atoms with Gasteiger partial charge in [-0.2, -0.15) is 0 Å². The van der Waals surface area contributed by atoms with Crippen LogP contribution in [0.25, 0.3) is 0 Å². The average molecular weight is 530 g/mol. The number of fused-ring (bicyclic) bond motifs is 1. The normalized spacial score (nSPS) is 18.2. The largest absolute Gasteiger partial charge is 0.497 e. The number of hydrogen-bond acceptors (Lipinski definition) is 5. The minimum atomic E-state index is -0.433. The molecule has 5 rings (SSSR count). The van der Waals surface area contributed by atoms with Crippen LogP contribution in [-0.2, 0) is 16.1 Å². The number of nitrogens with one attached hydrogen (secondary N) is 2. The van der Waals surface area contributed by atoms with Crippen LogP contribution in [0.2, 0.25) is 5.02 Å². The third kappa shape index (κ3) is 5.41. The summed E-state index contributed by atoms with van der Waals surface area (Å²) in [5.74, 6) is 0.698. The van der Waals surface area contributed by atoms with Gasteiger partial charge in [0.1, 0.15) is 5.75 Å². The molecule has 196 valence electrons. The van der Waals surface area contributed by atoms with Crippen LogP contribution in [0, 0.1) is 5.41 Å². The zero-order valence-corrected chi connectivity index (χ0v) is 22.6. The number of Topliss-reactive ketones (excluding diaryl/α,β-unsaturated/α-hetero) is 1. The van der Waals surface area contributed by atoms with Crippen molar-refractivity contribution in [2.24, 2.45) is 5.41 Å². The highest BCUT2D eigenvalue weighted by Crippen LogP contribution is 2.48. The van der Waals surface area contributed by atoms with Gasteiger partial charge in [-0.25, -0.2) is 0 Å². The summed E-state index contributed by atoms with van der Waals surface area (Å²) in [6, 6.07) is 22.7. The lowest BCUT2D eigenvalue weighted by Gasteiger charge is -2.38. The molecule has 2 aliphatic rings. The highest BCUT2D eigenvalue weighted by molar-refractivity contribution is 6.30. The molecule has 1 atom stereocenters. The Hall–Kier alpha value is -3.77. The first-order valence-corrected chi connectivity index (χ1v) is 13.2. The van der Waals surface area contributed by atoms with Crippen molar-refractivity contribution >= 4 is 34.7 Å². The predicted octanol–water partition coefficient (Wildman–Crippen LogP) is 6.28. The molecule has 3 aromatic rings. The topological polar surface area (TPSA) is 70.7 Å². The number of nitrogens with zero attached hydrogens (tertiary/aromatic N) is 1. The average Bonchev–Trinajstić information content (AvgIpc) is 3.02. The van der Waals surface area contributed by atoms with Crippen molar-refractivity contribution in [3.8, 4) is 5.75 Å². The van der Waals surface area contributed by atoms with Gasteiger partial charge < -0.3 is 20.3 Å². The second kappa shape index (κ2) is 10.5. The number of carbonyl (C=O) groups is 2. The van der Waals surface area contributed by atoms with Gasteiger partial charge in [0.25, 0.3) is 0 Å². The fourth-order valence-electron chi connectivity index (χ4n) is 5.37. The van der Waals surface area contributed by atoms with Crippen LogP contribution < -0.4 is 20.3 Å². The zero-order chi connectivity index (χ0) is 26.9. The molecule has 1 amide bonds. The van der Waals surface area contributed by atoms with Crippen LogP contribution in [0.1, 0.15) is 43.9 Å². The minimum absolute atomic E-state index is 0.0798. The molecular formula is C31H32ClN3O3. The van der Waals surface area contributed by atoms with Gasteiger partial charge in [0.05, 0.1) is 31.1 Å². The van der Waals surface area contributed by atoms with Gasteiger partial charge in [0, 0.05) is 29.3 Å². The zero-order valence-electron chi connectivity index (χ0n) is 21.9. The third-order valence-corrected chi connectivity index (χ3v) is 7.40. The van der Waals surface area contributed by atoms with Gasteiger partial charge in [0.2, 0.25) is 5.91 Å². The Kier molecular flexibility index (Phi) is 7.17. The minimum Gasteiger partial charge on any atom is -0.497 e. The molecule has 1 aliphatic heterocycles. The Morgan fingerprint density at radius 1 is 1.05 bits per heavy atom. The molecule has 1 aliphatic carbocycles. The lowest BCUT2D eigenvalue weighted by molar-refractivity contribution is -0.120. The highest BCUT2D eigenvalue weighted by Gasteiger charge is 2.41. The summed E-state index contributed by atoms with van der Waals surface area (Å²) in [6.45, 7) is 4.71. The number of rotatable bonds is 6. The summed E-state index contributed by atoms with van der Waals surface area (Å²) < 4.78 is 5.39. The summed E-state index contributed by atoms with van der Waals surface area (Å²) >= 11 is 6.01. The van der Waals surface area contributed by atoms with Crippen LogP contribution in [0.3, 0.4) is 0 Å². The number of halogens is 1. The van der Waals surface area contributed by atoms with E-state index in [1.807, 2.05) is 77.7 Å². The van der Waals surface area contributed by atoms with E-state index >= 15 is 0 Å². The molecule has 0 aromatic heterocycles. The summed E-state index contributed by atoms with van der Waals surface area (Å²) in [5.41, 5.74) is 5.12. The Labute approximate surface area is 228 Å². The first-order valence-electron chi connectivity index (χ1n) is 12.8. The number of para-hydroxylation sites is 2. The standard InChI is InChI=1S/C31H32ClN3O3/c1-31(2)16-25-29(27(36)17-31)30(21-10-14-23(38-3)15-11-21)35(26-7-5-4-6-24(26)34-25)19-28(37)33-18-20-8-12-22(32)13-9-20/h4-15,30,34H,16-19H2,1-3H3,(H,33,37). The number of carbonyl (C=O) groups excluding carboxylic acids is 2. The number of ketones is 1. The van der Waals surface area contributed by atoms with Crippen molar-refractivity contribution in [1.29, 1.82) is 0 Å². The van der Waals surface area contributed by atoms with E-state index in [-0.39, 0.29) is 23.7 Å². The van der Waals surface area contributed by atoms with Gasteiger partial charge >= 0.3 is 0 Å². The van der Waals surface area contributed by atoms with E-state index < -0.39 is 6.04 Å². The van der Waals surface area contributed by atoms with Crippen molar-refractivity contribution in [2.45, 2.75) is 39.3 Å². The lowest BCUT2D eigenvalue weighted by atomic mass is 9.73. The molecule has 2 N–H and O–H groups in total. The Bertz CT molecular complexity index is 1380. The molecule has 3 aromatic carbocycles. The maximum absolute atomic E-state index is 13.8. The van der Waals surface area contributed by atoms with E-state index in [9.17, 15) is 9.59 Å². The smallest absolute Gasteiger partial charge is 0.239 e. The molecule has 7 heteroatoms. The molecule has 0 fully saturated rings. The van der Waals surface area contributed by atoms with Crippen molar-refractivity contribution in [2.75, 3.05) is 23.9 Å². The van der Waals surface area contributed by atoms with Crippen LogP contribution >= 0.6 is 11.6 Å². The maximum Gasteiger partial charge on any atom is 0.239 e. The number of benzene rings is 3. The number of anilines is 2. The number of allylic oxidation sites excluding steroid dienone is 1. The highest BCUT2D eigenvalue weighted by atomic mass is 35.5. The Balaban J connectivity index is 1.56. The molecular weight excluding hydrogens is 498 g/mol. The van der Waals surface area contributed by atoms with E-state index in [4.69, 9.17) is 16.3 Å². The van der Waals surface area contributed by atoms with Crippen molar-refractivity contribution in [1.82, 2.24) is 5.32 Å². The van der Waals surface area contributed by atoms with E-state index in [0.717, 1.165) is 45.9 Å². The second-order valence-electron chi connectivity index (χ2n) is 10.7. The fourth-order valence-corrected chi connectivity index (χ4v) is 5.50. The summed E-state index contributed by atoms with van der Waals surface area (Å²) in [5, 5.41) is 7.28. The van der Waals surface area contributed by atoms with E-state index in [1.54, 1.807) is 7.11 Å². The number of amides is 1. The van der Waals surface area contributed by atoms with Gasteiger partial charge in [-0.1, -0.05) is 61.8 Å². The van der Waals surface area contributed by atoms with Gasteiger partial charge in [-0.15, -0.1) is 0 Å². The molecule has 0 bridgehead atoms. The molecule has 0 radical (unpaired) electrons. The summed E-state index contributed by atoms with van der Waals surface area (Å²) in [6.07, 6.45) is 1.19. The Morgan fingerprint density at radius 3 is 2.47 bits per heavy atom. The quantitative estimate of drug-likeness (QED) is 0.393. The molecule has 38 heavy (non-hydrogen) atoms. The van der Waals surface area contributed by atoms with Gasteiger partial charge in [-0.05, 0) is 59.4 Å². The van der Waals surface area contributed by atoms with Crippen molar-refractivity contribution in [3.05, 3.63) is 100 Å². The molecule has 0 spiro atoms. The van der Waals surface area contributed by atoms with Gasteiger partial charge in [0.15, 0.2) is 5.78 Å². The van der Waals surface area contributed by atoms with Crippen LogP contribution in [0.4, 0.5) is 11.4 Å². The fraction of sp³-hybridized carbons (Fsp3) is 0.290.